The zero-order valence-corrected chi connectivity index (χ0v) is 11.2. The minimum absolute atomic E-state index is 0.329. The molecule has 19 heavy (non-hydrogen) atoms. The summed E-state index contributed by atoms with van der Waals surface area (Å²) in [4.78, 5) is 6.65. The minimum atomic E-state index is -4.53. The highest BCUT2D eigenvalue weighted by Crippen LogP contribution is 2.28. The van der Waals surface area contributed by atoms with E-state index in [0.29, 0.717) is 12.1 Å². The molecule has 0 aliphatic heterocycles. The van der Waals surface area contributed by atoms with Crippen LogP contribution in [0.15, 0.2) is 35.1 Å². The zero-order valence-electron chi connectivity index (χ0n) is 9.58. The van der Waals surface area contributed by atoms with Crippen LogP contribution in [0.4, 0.5) is 13.2 Å². The van der Waals surface area contributed by atoms with Crippen LogP contribution in [-0.2, 0) is 12.7 Å². The SMILES string of the molecule is NCc1cc(-c2cnc(C(F)(F)F)nc2)ccc1Br. The van der Waals surface area contributed by atoms with Gasteiger partial charge in [0.2, 0.25) is 5.82 Å². The third kappa shape index (κ3) is 3.10. The molecule has 0 aliphatic rings. The van der Waals surface area contributed by atoms with Crippen molar-refractivity contribution in [2.24, 2.45) is 5.73 Å². The Morgan fingerprint density at radius 3 is 2.26 bits per heavy atom. The fraction of sp³-hybridized carbons (Fsp3) is 0.167. The lowest BCUT2D eigenvalue weighted by molar-refractivity contribution is -0.144. The van der Waals surface area contributed by atoms with E-state index >= 15 is 0 Å². The highest BCUT2D eigenvalue weighted by molar-refractivity contribution is 9.10. The first-order chi connectivity index (χ1) is 8.91. The molecule has 0 saturated carbocycles. The summed E-state index contributed by atoms with van der Waals surface area (Å²) in [6.45, 7) is 0.329. The molecule has 0 fully saturated rings. The summed E-state index contributed by atoms with van der Waals surface area (Å²) in [5.74, 6) is -1.15. The average molecular weight is 332 g/mol. The van der Waals surface area contributed by atoms with Gasteiger partial charge in [0.25, 0.3) is 0 Å². The molecule has 0 bridgehead atoms. The van der Waals surface area contributed by atoms with Crippen molar-refractivity contribution in [2.45, 2.75) is 12.7 Å². The van der Waals surface area contributed by atoms with Crippen molar-refractivity contribution in [1.29, 1.82) is 0 Å². The Morgan fingerprint density at radius 1 is 1.11 bits per heavy atom. The Hall–Kier alpha value is -1.47. The van der Waals surface area contributed by atoms with E-state index in [0.717, 1.165) is 28.0 Å². The summed E-state index contributed by atoms with van der Waals surface area (Å²) in [6, 6.07) is 5.33. The van der Waals surface area contributed by atoms with Gasteiger partial charge >= 0.3 is 6.18 Å². The van der Waals surface area contributed by atoms with Crippen LogP contribution < -0.4 is 5.73 Å². The molecular formula is C12H9BrF3N3. The van der Waals surface area contributed by atoms with E-state index < -0.39 is 12.0 Å². The van der Waals surface area contributed by atoms with Gasteiger partial charge in [-0.1, -0.05) is 22.0 Å². The monoisotopic (exact) mass is 331 g/mol. The van der Waals surface area contributed by atoms with E-state index in [1.807, 2.05) is 0 Å². The van der Waals surface area contributed by atoms with Gasteiger partial charge in [-0.15, -0.1) is 0 Å². The van der Waals surface area contributed by atoms with Crippen molar-refractivity contribution in [2.75, 3.05) is 0 Å². The summed E-state index contributed by atoms with van der Waals surface area (Å²) in [5, 5.41) is 0. The first kappa shape index (κ1) is 14.0. The summed E-state index contributed by atoms with van der Waals surface area (Å²) in [5.41, 5.74) is 7.66. The molecule has 0 atom stereocenters. The van der Waals surface area contributed by atoms with Gasteiger partial charge in [0, 0.05) is 29.0 Å². The molecule has 1 aromatic carbocycles. The number of rotatable bonds is 2. The second-order valence-electron chi connectivity index (χ2n) is 3.80. The maximum absolute atomic E-state index is 12.3. The summed E-state index contributed by atoms with van der Waals surface area (Å²) >= 11 is 3.34. The van der Waals surface area contributed by atoms with Crippen molar-refractivity contribution in [3.63, 3.8) is 0 Å². The van der Waals surface area contributed by atoms with E-state index in [9.17, 15) is 13.2 Å². The number of benzene rings is 1. The third-order valence-corrected chi connectivity index (χ3v) is 3.28. The number of alkyl halides is 3. The van der Waals surface area contributed by atoms with Crippen LogP contribution >= 0.6 is 15.9 Å². The maximum atomic E-state index is 12.3. The smallest absolute Gasteiger partial charge is 0.326 e. The molecule has 0 aliphatic carbocycles. The number of nitrogens with zero attached hydrogens (tertiary/aromatic N) is 2. The van der Waals surface area contributed by atoms with Gasteiger partial charge in [0.05, 0.1) is 0 Å². The fourth-order valence-electron chi connectivity index (χ4n) is 1.53. The van der Waals surface area contributed by atoms with Crippen LogP contribution in [0, 0.1) is 0 Å². The molecule has 2 aromatic rings. The second kappa shape index (κ2) is 5.26. The molecule has 7 heteroatoms. The molecule has 3 nitrogen and oxygen atoms in total. The molecule has 100 valence electrons. The van der Waals surface area contributed by atoms with E-state index in [1.165, 1.54) is 0 Å². The Morgan fingerprint density at radius 2 is 1.74 bits per heavy atom. The van der Waals surface area contributed by atoms with Crippen LogP contribution in [0.3, 0.4) is 0 Å². The molecule has 1 aromatic heterocycles. The van der Waals surface area contributed by atoms with Crippen molar-refractivity contribution in [3.8, 4) is 11.1 Å². The lowest BCUT2D eigenvalue weighted by Gasteiger charge is -2.07. The standard InChI is InChI=1S/C12H9BrF3N3/c13-10-2-1-7(3-8(10)4-17)9-5-18-11(19-6-9)12(14,15)16/h1-3,5-6H,4,17H2. The molecule has 0 unspecified atom stereocenters. The number of aromatic nitrogens is 2. The molecule has 2 N–H and O–H groups in total. The van der Waals surface area contributed by atoms with Crippen LogP contribution in [0.25, 0.3) is 11.1 Å². The molecule has 0 spiro atoms. The number of halogens is 4. The van der Waals surface area contributed by atoms with Gasteiger partial charge in [0.1, 0.15) is 0 Å². The fourth-order valence-corrected chi connectivity index (χ4v) is 1.94. The first-order valence-corrected chi connectivity index (χ1v) is 6.09. The maximum Gasteiger partial charge on any atom is 0.451 e. The van der Waals surface area contributed by atoms with Crippen LogP contribution in [0.1, 0.15) is 11.4 Å². The normalized spacial score (nSPS) is 11.6. The topological polar surface area (TPSA) is 51.8 Å². The minimum Gasteiger partial charge on any atom is -0.326 e. The van der Waals surface area contributed by atoms with Gasteiger partial charge in [-0.25, -0.2) is 9.97 Å². The zero-order chi connectivity index (χ0) is 14.0. The van der Waals surface area contributed by atoms with Gasteiger partial charge < -0.3 is 5.73 Å². The van der Waals surface area contributed by atoms with Crippen LogP contribution in [0.5, 0.6) is 0 Å². The Kier molecular flexibility index (Phi) is 3.86. The van der Waals surface area contributed by atoms with Gasteiger partial charge in [-0.05, 0) is 23.3 Å². The van der Waals surface area contributed by atoms with E-state index in [2.05, 4.69) is 25.9 Å². The van der Waals surface area contributed by atoms with Crippen molar-refractivity contribution >= 4 is 15.9 Å². The van der Waals surface area contributed by atoms with Gasteiger partial charge in [-0.2, -0.15) is 13.2 Å². The molecule has 0 saturated heterocycles. The highest BCUT2D eigenvalue weighted by Gasteiger charge is 2.34. The van der Waals surface area contributed by atoms with Gasteiger partial charge in [0.15, 0.2) is 0 Å². The summed E-state index contributed by atoms with van der Waals surface area (Å²) in [6.07, 6.45) is -2.22. The second-order valence-corrected chi connectivity index (χ2v) is 4.66. The van der Waals surface area contributed by atoms with E-state index in [1.54, 1.807) is 18.2 Å². The van der Waals surface area contributed by atoms with E-state index in [4.69, 9.17) is 5.73 Å². The quantitative estimate of drug-likeness (QED) is 0.917. The van der Waals surface area contributed by atoms with E-state index in [-0.39, 0.29) is 0 Å². The summed E-state index contributed by atoms with van der Waals surface area (Å²) in [7, 11) is 0. The van der Waals surface area contributed by atoms with Crippen molar-refractivity contribution in [3.05, 3.63) is 46.5 Å². The number of hydrogen-bond acceptors (Lipinski definition) is 3. The lowest BCUT2D eigenvalue weighted by Crippen LogP contribution is -2.10. The lowest BCUT2D eigenvalue weighted by atomic mass is 10.1. The molecule has 0 amide bonds. The van der Waals surface area contributed by atoms with Crippen LogP contribution in [-0.4, -0.2) is 9.97 Å². The van der Waals surface area contributed by atoms with Gasteiger partial charge in [-0.3, -0.25) is 0 Å². The third-order valence-electron chi connectivity index (χ3n) is 2.50. The molecule has 1 heterocycles. The Bertz CT molecular complexity index is 582. The first-order valence-electron chi connectivity index (χ1n) is 5.30. The highest BCUT2D eigenvalue weighted by atomic mass is 79.9. The largest absolute Gasteiger partial charge is 0.451 e. The predicted octanol–water partition coefficient (Wildman–Crippen LogP) is 3.38. The van der Waals surface area contributed by atoms with Crippen LogP contribution in [0.2, 0.25) is 0 Å². The number of nitrogens with two attached hydrogens (primary N) is 1. The molecular weight excluding hydrogens is 323 g/mol. The van der Waals surface area contributed by atoms with Crippen molar-refractivity contribution in [1.82, 2.24) is 9.97 Å². The summed E-state index contributed by atoms with van der Waals surface area (Å²) < 4.78 is 37.9. The molecule has 2 rings (SSSR count). The Balaban J connectivity index is 2.37. The van der Waals surface area contributed by atoms with Crippen molar-refractivity contribution < 1.29 is 13.2 Å². The predicted molar refractivity (Wildman–Crippen MR) is 68.1 cm³/mol. The average Bonchev–Trinajstić information content (AvgIpc) is 2.38. The molecule has 0 radical (unpaired) electrons. The number of hydrogen-bond donors (Lipinski definition) is 1. The Labute approximate surface area is 115 Å².